The third-order valence-electron chi connectivity index (χ3n) is 4.52. The zero-order valence-electron chi connectivity index (χ0n) is 16.1. The highest BCUT2D eigenvalue weighted by Crippen LogP contribution is 2.24. The molecule has 7 nitrogen and oxygen atoms in total. The van der Waals surface area contributed by atoms with Gasteiger partial charge in [-0.1, -0.05) is 18.2 Å². The van der Waals surface area contributed by atoms with Crippen molar-refractivity contribution in [3.05, 3.63) is 84.2 Å². The minimum absolute atomic E-state index is 0.0297. The van der Waals surface area contributed by atoms with E-state index in [1.807, 2.05) is 36.4 Å². The number of carbonyl (C=O) groups excluding carboxylic acids is 1. The minimum atomic E-state index is -0.391. The van der Waals surface area contributed by atoms with E-state index in [2.05, 4.69) is 20.5 Å². The highest BCUT2D eigenvalue weighted by molar-refractivity contribution is 6.07. The molecule has 4 rings (SSSR count). The van der Waals surface area contributed by atoms with Crippen LogP contribution in [0.2, 0.25) is 0 Å². The number of nitrogens with one attached hydrogen (secondary N) is 1. The number of pyridine rings is 2. The number of ether oxygens (including phenoxy) is 1. The first-order chi connectivity index (χ1) is 14.7. The van der Waals surface area contributed by atoms with E-state index in [1.165, 1.54) is 19.4 Å². The summed E-state index contributed by atoms with van der Waals surface area (Å²) in [5.41, 5.74) is 5.52. The number of aromatic hydroxyl groups is 1. The molecule has 0 fully saturated rings. The number of carbonyl (C=O) groups is 1. The molecule has 2 N–H and O–H groups in total. The van der Waals surface area contributed by atoms with E-state index in [0.29, 0.717) is 33.5 Å². The molecular weight excluding hydrogens is 380 g/mol. The molecular formula is C23H18N4O3. The van der Waals surface area contributed by atoms with Crippen molar-refractivity contribution < 1.29 is 14.6 Å². The molecule has 2 aromatic carbocycles. The fourth-order valence-corrected chi connectivity index (χ4v) is 3.01. The van der Waals surface area contributed by atoms with Crippen LogP contribution in [0.25, 0.3) is 22.2 Å². The van der Waals surface area contributed by atoms with Crippen molar-refractivity contribution in [1.82, 2.24) is 15.4 Å². The highest BCUT2D eigenvalue weighted by atomic mass is 16.5. The third kappa shape index (κ3) is 3.95. The summed E-state index contributed by atoms with van der Waals surface area (Å²) in [6.07, 6.45) is 4.74. The van der Waals surface area contributed by atoms with Gasteiger partial charge >= 0.3 is 0 Å². The monoisotopic (exact) mass is 398 g/mol. The number of amides is 1. The van der Waals surface area contributed by atoms with Gasteiger partial charge < -0.3 is 9.84 Å². The van der Waals surface area contributed by atoms with Crippen molar-refractivity contribution in [2.75, 3.05) is 7.11 Å². The van der Waals surface area contributed by atoms with E-state index < -0.39 is 5.91 Å². The number of hydrogen-bond donors (Lipinski definition) is 2. The first-order valence-electron chi connectivity index (χ1n) is 9.16. The van der Waals surface area contributed by atoms with Crippen LogP contribution in [0.4, 0.5) is 0 Å². The van der Waals surface area contributed by atoms with Gasteiger partial charge in [-0.05, 0) is 42.5 Å². The lowest BCUT2D eigenvalue weighted by Gasteiger charge is -2.09. The molecule has 0 saturated heterocycles. The number of aromatic nitrogens is 2. The lowest BCUT2D eigenvalue weighted by atomic mass is 10.0. The highest BCUT2D eigenvalue weighted by Gasteiger charge is 2.13. The Kier molecular flexibility index (Phi) is 5.34. The smallest absolute Gasteiger partial charge is 0.272 e. The largest absolute Gasteiger partial charge is 0.507 e. The van der Waals surface area contributed by atoms with Crippen LogP contribution in [0.15, 0.2) is 78.2 Å². The Bertz CT molecular complexity index is 1240. The van der Waals surface area contributed by atoms with Gasteiger partial charge in [0.05, 0.1) is 30.1 Å². The summed E-state index contributed by atoms with van der Waals surface area (Å²) >= 11 is 0. The number of rotatable bonds is 5. The number of phenolic OH excluding ortho intramolecular Hbond substituents is 1. The Hall–Kier alpha value is -4.26. The van der Waals surface area contributed by atoms with Gasteiger partial charge in [0, 0.05) is 28.9 Å². The van der Waals surface area contributed by atoms with Crippen LogP contribution in [0, 0.1) is 0 Å². The molecule has 0 bridgehead atoms. The molecule has 0 spiro atoms. The maximum absolute atomic E-state index is 12.9. The summed E-state index contributed by atoms with van der Waals surface area (Å²) in [5.74, 6) is 0.209. The molecule has 30 heavy (non-hydrogen) atoms. The van der Waals surface area contributed by atoms with Gasteiger partial charge in [0.25, 0.3) is 5.91 Å². The van der Waals surface area contributed by atoms with Gasteiger partial charge in [0.2, 0.25) is 0 Å². The maximum Gasteiger partial charge on any atom is 0.272 e. The van der Waals surface area contributed by atoms with Crippen molar-refractivity contribution in [3.8, 4) is 22.8 Å². The molecule has 0 saturated carbocycles. The van der Waals surface area contributed by atoms with Crippen molar-refractivity contribution >= 4 is 23.0 Å². The van der Waals surface area contributed by atoms with Gasteiger partial charge in [-0.3, -0.25) is 9.78 Å². The number of benzene rings is 2. The number of nitrogens with zero attached hydrogens (tertiary/aromatic N) is 3. The summed E-state index contributed by atoms with van der Waals surface area (Å²) in [6.45, 7) is 0. The lowest BCUT2D eigenvalue weighted by Crippen LogP contribution is -2.18. The van der Waals surface area contributed by atoms with Crippen LogP contribution in [-0.2, 0) is 0 Å². The molecule has 148 valence electrons. The van der Waals surface area contributed by atoms with E-state index in [-0.39, 0.29) is 5.75 Å². The number of methoxy groups -OCH3 is 1. The molecule has 0 atom stereocenters. The lowest BCUT2D eigenvalue weighted by molar-refractivity contribution is 0.0956. The van der Waals surface area contributed by atoms with Crippen LogP contribution < -0.4 is 10.2 Å². The van der Waals surface area contributed by atoms with Gasteiger partial charge in [0.15, 0.2) is 0 Å². The van der Waals surface area contributed by atoms with Gasteiger partial charge in [0.1, 0.15) is 11.5 Å². The quantitative estimate of drug-likeness (QED) is 0.394. The van der Waals surface area contributed by atoms with Crippen molar-refractivity contribution in [2.45, 2.75) is 0 Å². The zero-order chi connectivity index (χ0) is 20.9. The van der Waals surface area contributed by atoms with E-state index in [0.717, 1.165) is 5.56 Å². The summed E-state index contributed by atoms with van der Waals surface area (Å²) in [4.78, 5) is 21.6. The second-order valence-corrected chi connectivity index (χ2v) is 6.44. The first-order valence-corrected chi connectivity index (χ1v) is 9.16. The molecule has 7 heteroatoms. The number of fused-ring (bicyclic) bond motifs is 1. The van der Waals surface area contributed by atoms with E-state index in [9.17, 15) is 9.90 Å². The predicted octanol–water partition coefficient (Wildman–Crippen LogP) is 3.77. The van der Waals surface area contributed by atoms with Gasteiger partial charge in [-0.2, -0.15) is 5.10 Å². The van der Waals surface area contributed by atoms with Crippen molar-refractivity contribution in [1.29, 1.82) is 0 Å². The number of phenols is 1. The van der Waals surface area contributed by atoms with Crippen LogP contribution in [-0.4, -0.2) is 34.3 Å². The minimum Gasteiger partial charge on any atom is -0.507 e. The van der Waals surface area contributed by atoms with Crippen LogP contribution in [0.1, 0.15) is 15.9 Å². The standard InChI is InChI=1S/C23H18N4O3/c1-30-17-8-9-22(28)16(11-17)14-25-27-23(29)19-12-21(15-5-4-10-24-13-15)26-20-7-3-2-6-18(19)20/h2-14,28H,1H3,(H,27,29). The Morgan fingerprint density at radius 1 is 1.13 bits per heavy atom. The van der Waals surface area contributed by atoms with Crippen molar-refractivity contribution in [2.24, 2.45) is 5.10 Å². The Morgan fingerprint density at radius 2 is 2.00 bits per heavy atom. The maximum atomic E-state index is 12.9. The fourth-order valence-electron chi connectivity index (χ4n) is 3.01. The van der Waals surface area contributed by atoms with E-state index in [4.69, 9.17) is 4.74 Å². The van der Waals surface area contributed by atoms with Gasteiger partial charge in [-0.15, -0.1) is 0 Å². The number of hydrazone groups is 1. The second-order valence-electron chi connectivity index (χ2n) is 6.44. The van der Waals surface area contributed by atoms with Crippen LogP contribution >= 0.6 is 0 Å². The molecule has 0 aliphatic rings. The van der Waals surface area contributed by atoms with E-state index >= 15 is 0 Å². The summed E-state index contributed by atoms with van der Waals surface area (Å²) < 4.78 is 5.14. The number of para-hydroxylation sites is 1. The molecule has 2 aromatic heterocycles. The summed E-state index contributed by atoms with van der Waals surface area (Å²) in [6, 6.07) is 17.6. The number of hydrogen-bond acceptors (Lipinski definition) is 6. The molecule has 0 aliphatic carbocycles. The summed E-state index contributed by atoms with van der Waals surface area (Å²) in [5, 5.41) is 14.6. The molecule has 2 heterocycles. The average Bonchev–Trinajstić information content (AvgIpc) is 2.80. The Labute approximate surface area is 172 Å². The molecule has 0 aliphatic heterocycles. The van der Waals surface area contributed by atoms with E-state index in [1.54, 1.807) is 30.6 Å². The second kappa shape index (κ2) is 8.40. The Balaban J connectivity index is 1.66. The molecule has 4 aromatic rings. The predicted molar refractivity (Wildman–Crippen MR) is 115 cm³/mol. The normalized spacial score (nSPS) is 11.0. The Morgan fingerprint density at radius 3 is 2.80 bits per heavy atom. The fraction of sp³-hybridized carbons (Fsp3) is 0.0435. The van der Waals surface area contributed by atoms with Crippen LogP contribution in [0.3, 0.4) is 0 Å². The topological polar surface area (TPSA) is 96.7 Å². The first kappa shape index (κ1) is 19.1. The summed E-state index contributed by atoms with van der Waals surface area (Å²) in [7, 11) is 1.53. The zero-order valence-corrected chi connectivity index (χ0v) is 16.1. The van der Waals surface area contributed by atoms with Crippen LogP contribution in [0.5, 0.6) is 11.5 Å². The molecule has 1 amide bonds. The van der Waals surface area contributed by atoms with Crippen molar-refractivity contribution in [3.63, 3.8) is 0 Å². The molecule has 0 unspecified atom stereocenters. The average molecular weight is 398 g/mol. The molecule has 0 radical (unpaired) electrons. The van der Waals surface area contributed by atoms with Gasteiger partial charge in [-0.25, -0.2) is 10.4 Å². The SMILES string of the molecule is COc1ccc(O)c(C=NNC(=O)c2cc(-c3cccnc3)nc3ccccc23)c1. The third-order valence-corrected chi connectivity index (χ3v) is 4.52.